The number of carboxylic acid groups (broad SMARTS) is 1. The molecular formula is C24H51NO3. The third-order valence-electron chi connectivity index (χ3n) is 5.92. The van der Waals surface area contributed by atoms with Crippen LogP contribution in [0.15, 0.2) is 0 Å². The minimum absolute atomic E-state index is 0.0718. The van der Waals surface area contributed by atoms with Crippen LogP contribution in [0.2, 0.25) is 0 Å². The average Bonchev–Trinajstić information content (AvgIpc) is 2.64. The van der Waals surface area contributed by atoms with Crippen LogP contribution in [0.3, 0.4) is 0 Å². The Bertz CT molecular complexity index is 335. The highest BCUT2D eigenvalue weighted by molar-refractivity contribution is 5.66. The van der Waals surface area contributed by atoms with Gasteiger partial charge in [0.25, 0.3) is 0 Å². The van der Waals surface area contributed by atoms with Crippen molar-refractivity contribution in [3.63, 3.8) is 0 Å². The summed E-state index contributed by atoms with van der Waals surface area (Å²) in [4.78, 5) is 10.3. The van der Waals surface area contributed by atoms with Gasteiger partial charge < -0.3 is 15.9 Å². The number of nitrogens with two attached hydrogens (primary N) is 1. The maximum Gasteiger partial charge on any atom is 0.303 e. The van der Waals surface area contributed by atoms with Crippen molar-refractivity contribution < 1.29 is 15.0 Å². The molecule has 0 atom stereocenters. The van der Waals surface area contributed by atoms with E-state index in [1.54, 1.807) is 0 Å². The summed E-state index contributed by atoms with van der Waals surface area (Å²) >= 11 is 0. The highest BCUT2D eigenvalue weighted by Crippen LogP contribution is 2.22. The molecule has 0 fully saturated rings. The van der Waals surface area contributed by atoms with Crippen LogP contribution < -0.4 is 5.73 Å². The molecule has 0 rings (SSSR count). The first-order chi connectivity index (χ1) is 13.2. The Morgan fingerprint density at radius 2 is 1.07 bits per heavy atom. The molecular weight excluding hydrogens is 350 g/mol. The Morgan fingerprint density at radius 3 is 1.29 bits per heavy atom. The summed E-state index contributed by atoms with van der Waals surface area (Å²) < 4.78 is 0. The molecule has 4 nitrogen and oxygen atoms in total. The maximum absolute atomic E-state index is 10.3. The van der Waals surface area contributed by atoms with Gasteiger partial charge in [0.05, 0.1) is 6.61 Å². The van der Waals surface area contributed by atoms with E-state index >= 15 is 0 Å². The van der Waals surface area contributed by atoms with Crippen molar-refractivity contribution in [2.45, 2.75) is 130 Å². The van der Waals surface area contributed by atoms with Crippen LogP contribution in [-0.2, 0) is 4.79 Å². The summed E-state index contributed by atoms with van der Waals surface area (Å²) in [7, 11) is 0. The third kappa shape index (κ3) is 17.5. The lowest BCUT2D eigenvalue weighted by Gasteiger charge is -2.35. The van der Waals surface area contributed by atoms with E-state index in [2.05, 4.69) is 6.92 Å². The molecule has 0 saturated heterocycles. The van der Waals surface area contributed by atoms with Crippen LogP contribution in [0.5, 0.6) is 0 Å². The van der Waals surface area contributed by atoms with Crippen LogP contribution in [0.1, 0.15) is 125 Å². The lowest BCUT2D eigenvalue weighted by Crippen LogP contribution is -2.53. The van der Waals surface area contributed by atoms with Crippen LogP contribution in [0.4, 0.5) is 0 Å². The van der Waals surface area contributed by atoms with E-state index < -0.39 is 11.5 Å². The van der Waals surface area contributed by atoms with Crippen LogP contribution in [0, 0.1) is 11.8 Å². The van der Waals surface area contributed by atoms with Gasteiger partial charge in [-0.15, -0.1) is 0 Å². The molecule has 4 N–H and O–H groups in total. The monoisotopic (exact) mass is 401 g/mol. The molecule has 0 aromatic heterocycles. The zero-order chi connectivity index (χ0) is 21.8. The fraction of sp³-hybridized carbons (Fsp3) is 0.958. The van der Waals surface area contributed by atoms with Crippen molar-refractivity contribution in [2.75, 3.05) is 6.61 Å². The molecule has 0 amide bonds. The molecule has 0 heterocycles. The molecule has 170 valence electrons. The number of rotatable bonds is 17. The van der Waals surface area contributed by atoms with Gasteiger partial charge in [-0.3, -0.25) is 4.79 Å². The number of aliphatic hydroxyl groups is 1. The average molecular weight is 402 g/mol. The van der Waals surface area contributed by atoms with Crippen molar-refractivity contribution in [1.82, 2.24) is 0 Å². The molecule has 0 aliphatic carbocycles. The summed E-state index contributed by atoms with van der Waals surface area (Å²) in [5, 5.41) is 17.5. The molecule has 0 bridgehead atoms. The van der Waals surface area contributed by atoms with E-state index in [9.17, 15) is 4.79 Å². The van der Waals surface area contributed by atoms with E-state index in [1.165, 1.54) is 70.6 Å². The number of hydrogen-bond donors (Lipinski definition) is 3. The smallest absolute Gasteiger partial charge is 0.303 e. The fourth-order valence-corrected chi connectivity index (χ4v) is 3.33. The van der Waals surface area contributed by atoms with E-state index in [4.69, 9.17) is 15.9 Å². The molecule has 4 heteroatoms. The third-order valence-corrected chi connectivity index (χ3v) is 5.92. The molecule has 0 radical (unpaired) electrons. The van der Waals surface area contributed by atoms with Gasteiger partial charge in [-0.2, -0.15) is 0 Å². The van der Waals surface area contributed by atoms with Crippen LogP contribution in [0.25, 0.3) is 0 Å². The highest BCUT2D eigenvalue weighted by Gasteiger charge is 2.31. The summed E-state index contributed by atoms with van der Waals surface area (Å²) in [5.74, 6) is 0.00748. The van der Waals surface area contributed by atoms with Crippen molar-refractivity contribution in [1.29, 1.82) is 0 Å². The van der Waals surface area contributed by atoms with Gasteiger partial charge in [0.1, 0.15) is 0 Å². The van der Waals surface area contributed by atoms with E-state index in [0.717, 1.165) is 12.8 Å². The Morgan fingerprint density at radius 1 is 0.750 bits per heavy atom. The predicted octanol–water partition coefficient (Wildman–Crippen LogP) is 6.54. The minimum Gasteiger partial charge on any atom is -0.481 e. The SMILES string of the molecule is CC(C)C(N)(CO)C(C)C.CCCCCCCCCCCCCCCC(=O)O. The Kier molecular flexibility index (Phi) is 20.8. The maximum atomic E-state index is 10.3. The fourth-order valence-electron chi connectivity index (χ4n) is 3.33. The Hall–Kier alpha value is -0.610. The number of hydrogen-bond acceptors (Lipinski definition) is 3. The largest absolute Gasteiger partial charge is 0.481 e. The topological polar surface area (TPSA) is 83.5 Å². The van der Waals surface area contributed by atoms with Gasteiger partial charge in [-0.25, -0.2) is 0 Å². The molecule has 0 saturated carbocycles. The standard InChI is InChI=1S/C16H32O2.C8H19NO/c1-2-3-4-5-6-7-8-9-10-11-12-13-14-15-16(17)18;1-6(2)8(9,5-10)7(3)4/h2-15H2,1H3,(H,17,18);6-7,10H,5,9H2,1-4H3. The lowest BCUT2D eigenvalue weighted by molar-refractivity contribution is -0.137. The highest BCUT2D eigenvalue weighted by atomic mass is 16.4. The van der Waals surface area contributed by atoms with Gasteiger partial charge in [-0.05, 0) is 18.3 Å². The summed E-state index contributed by atoms with van der Waals surface area (Å²) in [5.41, 5.74) is 5.53. The van der Waals surface area contributed by atoms with Crippen LogP contribution >= 0.6 is 0 Å². The molecule has 0 unspecified atom stereocenters. The molecule has 0 spiro atoms. The zero-order valence-corrected chi connectivity index (χ0v) is 19.6. The van der Waals surface area contributed by atoms with Gasteiger partial charge in [0, 0.05) is 12.0 Å². The minimum atomic E-state index is -0.655. The Balaban J connectivity index is 0. The van der Waals surface area contributed by atoms with Crippen molar-refractivity contribution in [3.8, 4) is 0 Å². The van der Waals surface area contributed by atoms with E-state index in [1.807, 2.05) is 27.7 Å². The summed E-state index contributed by atoms with van der Waals surface area (Å²) in [6.45, 7) is 10.5. The lowest BCUT2D eigenvalue weighted by atomic mass is 9.79. The molecule has 0 aliphatic rings. The number of carbonyl (C=O) groups is 1. The molecule has 0 aliphatic heterocycles. The van der Waals surface area contributed by atoms with Crippen molar-refractivity contribution in [3.05, 3.63) is 0 Å². The molecule has 0 aromatic rings. The summed E-state index contributed by atoms with van der Waals surface area (Å²) in [6, 6.07) is 0. The van der Waals surface area contributed by atoms with Gasteiger partial charge in [-0.1, -0.05) is 112 Å². The van der Waals surface area contributed by atoms with Crippen molar-refractivity contribution in [2.24, 2.45) is 17.6 Å². The number of aliphatic hydroxyl groups excluding tert-OH is 1. The number of aliphatic carboxylic acids is 1. The molecule has 28 heavy (non-hydrogen) atoms. The molecule has 0 aromatic carbocycles. The normalized spacial score (nSPS) is 11.6. The number of unbranched alkanes of at least 4 members (excludes halogenated alkanes) is 12. The second-order valence-electron chi connectivity index (χ2n) is 8.97. The quantitative estimate of drug-likeness (QED) is 0.242. The van der Waals surface area contributed by atoms with Gasteiger partial charge >= 0.3 is 5.97 Å². The van der Waals surface area contributed by atoms with Crippen molar-refractivity contribution >= 4 is 5.97 Å². The Labute approximate surface area is 175 Å². The predicted molar refractivity (Wildman–Crippen MR) is 122 cm³/mol. The zero-order valence-electron chi connectivity index (χ0n) is 19.6. The van der Waals surface area contributed by atoms with Gasteiger partial charge in [0.2, 0.25) is 0 Å². The van der Waals surface area contributed by atoms with Crippen LogP contribution in [-0.4, -0.2) is 28.3 Å². The second kappa shape index (κ2) is 19.7. The first-order valence-electron chi connectivity index (χ1n) is 11.8. The second-order valence-corrected chi connectivity index (χ2v) is 8.97. The number of carboxylic acids is 1. The first-order valence-corrected chi connectivity index (χ1v) is 11.8. The first kappa shape index (κ1) is 29.6. The van der Waals surface area contributed by atoms with E-state index in [0.29, 0.717) is 18.3 Å². The van der Waals surface area contributed by atoms with Gasteiger partial charge in [0.15, 0.2) is 0 Å². The summed E-state index contributed by atoms with van der Waals surface area (Å²) in [6.07, 6.45) is 17.3. The van der Waals surface area contributed by atoms with E-state index in [-0.39, 0.29) is 6.61 Å².